The average Bonchev–Trinajstić information content (AvgIpc) is 2.86. The number of sulfonamides is 1. The minimum Gasteiger partial charge on any atom is -0.359 e. The Kier molecular flexibility index (Phi) is 4.02. The molecule has 24 heavy (non-hydrogen) atoms. The molecular weight excluding hydrogens is 326 g/mol. The second-order valence-electron chi connectivity index (χ2n) is 5.57. The number of nitrogens with one attached hydrogen (secondary N) is 3. The lowest BCUT2D eigenvalue weighted by molar-refractivity contribution is -0.114. The molecule has 3 N–H and O–H groups in total. The monoisotopic (exact) mass is 343 g/mol. The number of carbonyl (C=O) groups excluding carboxylic acids is 1. The zero-order valence-corrected chi connectivity index (χ0v) is 14.1. The Hall–Kier alpha value is -2.80. The van der Waals surface area contributed by atoms with Gasteiger partial charge in [-0.15, -0.1) is 0 Å². The summed E-state index contributed by atoms with van der Waals surface area (Å²) in [6, 6.07) is 13.3. The number of H-pyrrole nitrogens is 1. The molecule has 0 bridgehead atoms. The van der Waals surface area contributed by atoms with Crippen LogP contribution in [0.1, 0.15) is 12.6 Å². The maximum Gasteiger partial charge on any atom is 0.261 e. The quantitative estimate of drug-likeness (QED) is 0.679. The van der Waals surface area contributed by atoms with E-state index in [1.54, 1.807) is 24.3 Å². The van der Waals surface area contributed by atoms with Crippen LogP contribution in [0.5, 0.6) is 0 Å². The highest BCUT2D eigenvalue weighted by Crippen LogP contribution is 2.23. The van der Waals surface area contributed by atoms with Gasteiger partial charge >= 0.3 is 0 Å². The zero-order chi connectivity index (χ0) is 17.3. The Labute approximate surface area is 139 Å². The summed E-state index contributed by atoms with van der Waals surface area (Å²) in [7, 11) is -3.69. The lowest BCUT2D eigenvalue weighted by Crippen LogP contribution is -2.13. The van der Waals surface area contributed by atoms with Crippen molar-refractivity contribution in [1.29, 1.82) is 0 Å². The third-order valence-corrected chi connectivity index (χ3v) is 4.89. The van der Waals surface area contributed by atoms with E-state index in [2.05, 4.69) is 15.0 Å². The lowest BCUT2D eigenvalue weighted by atomic mass is 10.2. The van der Waals surface area contributed by atoms with Crippen molar-refractivity contribution in [3.8, 4) is 0 Å². The molecule has 0 fully saturated rings. The first-order valence-electron chi connectivity index (χ1n) is 7.33. The summed E-state index contributed by atoms with van der Waals surface area (Å²) in [6.07, 6.45) is 0. The van der Waals surface area contributed by atoms with Crippen LogP contribution >= 0.6 is 0 Å². The van der Waals surface area contributed by atoms with E-state index in [0.717, 1.165) is 16.6 Å². The van der Waals surface area contributed by atoms with Crippen LogP contribution in [0.4, 0.5) is 11.4 Å². The number of carbonyl (C=O) groups is 1. The maximum absolute atomic E-state index is 12.5. The Bertz CT molecular complexity index is 1010. The molecule has 0 unspecified atom stereocenters. The molecule has 1 heterocycles. The summed E-state index contributed by atoms with van der Waals surface area (Å²) in [6.45, 7) is 3.34. The van der Waals surface area contributed by atoms with Crippen molar-refractivity contribution in [3.63, 3.8) is 0 Å². The molecule has 0 spiro atoms. The van der Waals surface area contributed by atoms with E-state index >= 15 is 0 Å². The smallest absolute Gasteiger partial charge is 0.261 e. The van der Waals surface area contributed by atoms with Gasteiger partial charge in [0.25, 0.3) is 10.0 Å². The predicted molar refractivity (Wildman–Crippen MR) is 94.6 cm³/mol. The standard InChI is InChI=1S/C17H17N3O3S/c1-11-9-13-10-15(5-8-17(13)18-11)20-24(22,23)16-6-3-14(4-7-16)19-12(2)21/h3-10,18,20H,1-2H3,(H,19,21). The van der Waals surface area contributed by atoms with E-state index < -0.39 is 10.0 Å². The van der Waals surface area contributed by atoms with Gasteiger partial charge in [0.05, 0.1) is 4.90 Å². The predicted octanol–water partition coefficient (Wildman–Crippen LogP) is 3.24. The van der Waals surface area contributed by atoms with Gasteiger partial charge in [0.15, 0.2) is 0 Å². The zero-order valence-electron chi connectivity index (χ0n) is 13.3. The second kappa shape index (κ2) is 6.01. The van der Waals surface area contributed by atoms with E-state index in [-0.39, 0.29) is 10.8 Å². The fraction of sp³-hybridized carbons (Fsp3) is 0.118. The molecule has 0 aliphatic heterocycles. The first kappa shape index (κ1) is 16.1. The van der Waals surface area contributed by atoms with E-state index in [1.807, 2.05) is 19.1 Å². The second-order valence-corrected chi connectivity index (χ2v) is 7.25. The number of fused-ring (bicyclic) bond motifs is 1. The topological polar surface area (TPSA) is 91.1 Å². The van der Waals surface area contributed by atoms with Crippen LogP contribution in [0.15, 0.2) is 53.4 Å². The van der Waals surface area contributed by atoms with E-state index in [4.69, 9.17) is 0 Å². The molecule has 3 aromatic rings. The van der Waals surface area contributed by atoms with Crippen LogP contribution in [-0.2, 0) is 14.8 Å². The highest BCUT2D eigenvalue weighted by molar-refractivity contribution is 7.92. The highest BCUT2D eigenvalue weighted by Gasteiger charge is 2.14. The number of anilines is 2. The Morgan fingerprint density at radius 3 is 2.33 bits per heavy atom. The fourth-order valence-corrected chi connectivity index (χ4v) is 3.53. The molecule has 124 valence electrons. The molecule has 7 heteroatoms. The van der Waals surface area contributed by atoms with E-state index in [0.29, 0.717) is 11.4 Å². The minimum absolute atomic E-state index is 0.127. The fourth-order valence-electron chi connectivity index (χ4n) is 2.48. The Morgan fingerprint density at radius 2 is 1.67 bits per heavy atom. The summed E-state index contributed by atoms with van der Waals surface area (Å²) in [5, 5.41) is 3.54. The molecule has 0 radical (unpaired) electrons. The van der Waals surface area contributed by atoms with Crippen molar-refractivity contribution in [2.24, 2.45) is 0 Å². The lowest BCUT2D eigenvalue weighted by Gasteiger charge is -2.09. The summed E-state index contributed by atoms with van der Waals surface area (Å²) in [4.78, 5) is 14.3. The number of hydrogen-bond donors (Lipinski definition) is 3. The van der Waals surface area contributed by atoms with Gasteiger partial charge in [0.1, 0.15) is 0 Å². The van der Waals surface area contributed by atoms with Crippen LogP contribution in [0, 0.1) is 6.92 Å². The van der Waals surface area contributed by atoms with Crippen molar-refractivity contribution in [3.05, 3.63) is 54.2 Å². The van der Waals surface area contributed by atoms with E-state index in [9.17, 15) is 13.2 Å². The van der Waals surface area contributed by atoms with Gasteiger partial charge in [0, 0.05) is 34.9 Å². The summed E-state index contributed by atoms with van der Waals surface area (Å²) in [5.41, 5.74) is 3.01. The van der Waals surface area contributed by atoms with Crippen molar-refractivity contribution in [1.82, 2.24) is 4.98 Å². The first-order chi connectivity index (χ1) is 11.3. The molecule has 6 nitrogen and oxygen atoms in total. The molecule has 0 saturated carbocycles. The minimum atomic E-state index is -3.69. The number of hydrogen-bond acceptors (Lipinski definition) is 3. The number of rotatable bonds is 4. The first-order valence-corrected chi connectivity index (χ1v) is 8.82. The molecule has 0 aliphatic carbocycles. The van der Waals surface area contributed by atoms with Gasteiger partial charge in [-0.2, -0.15) is 0 Å². The molecule has 1 aromatic heterocycles. The molecule has 3 rings (SSSR count). The molecule has 0 saturated heterocycles. The van der Waals surface area contributed by atoms with Gasteiger partial charge < -0.3 is 10.3 Å². The number of aromatic nitrogens is 1. The SMILES string of the molecule is CC(=O)Nc1ccc(S(=O)(=O)Nc2ccc3[nH]c(C)cc3c2)cc1. The normalized spacial score (nSPS) is 11.4. The Balaban J connectivity index is 1.85. The molecule has 0 aliphatic rings. The highest BCUT2D eigenvalue weighted by atomic mass is 32.2. The average molecular weight is 343 g/mol. The third-order valence-electron chi connectivity index (χ3n) is 3.49. The summed E-state index contributed by atoms with van der Waals surface area (Å²) in [5.74, 6) is -0.209. The van der Waals surface area contributed by atoms with Crippen LogP contribution < -0.4 is 10.0 Å². The number of amides is 1. The van der Waals surface area contributed by atoms with Gasteiger partial charge in [-0.1, -0.05) is 0 Å². The van der Waals surface area contributed by atoms with Crippen LogP contribution in [0.3, 0.4) is 0 Å². The van der Waals surface area contributed by atoms with Crippen LogP contribution in [0.25, 0.3) is 10.9 Å². The largest absolute Gasteiger partial charge is 0.359 e. The molecular formula is C17H17N3O3S. The molecule has 1 amide bonds. The van der Waals surface area contributed by atoms with Crippen molar-refractivity contribution < 1.29 is 13.2 Å². The Morgan fingerprint density at radius 1 is 1.00 bits per heavy atom. The van der Waals surface area contributed by atoms with Crippen LogP contribution in [-0.4, -0.2) is 19.3 Å². The number of aryl methyl sites for hydroxylation is 1. The van der Waals surface area contributed by atoms with Crippen molar-refractivity contribution >= 4 is 38.2 Å². The van der Waals surface area contributed by atoms with Gasteiger partial charge in [0.2, 0.25) is 5.91 Å². The maximum atomic E-state index is 12.5. The van der Waals surface area contributed by atoms with Crippen molar-refractivity contribution in [2.45, 2.75) is 18.7 Å². The van der Waals surface area contributed by atoms with Gasteiger partial charge in [-0.25, -0.2) is 8.42 Å². The van der Waals surface area contributed by atoms with Gasteiger partial charge in [-0.3, -0.25) is 9.52 Å². The molecule has 2 aromatic carbocycles. The number of aromatic amines is 1. The van der Waals surface area contributed by atoms with Gasteiger partial charge in [-0.05, 0) is 55.5 Å². The number of benzene rings is 2. The van der Waals surface area contributed by atoms with E-state index in [1.165, 1.54) is 19.1 Å². The van der Waals surface area contributed by atoms with Crippen LogP contribution in [0.2, 0.25) is 0 Å². The third kappa shape index (κ3) is 3.41. The molecule has 0 atom stereocenters. The summed E-state index contributed by atoms with van der Waals surface area (Å²) < 4.78 is 27.5. The van der Waals surface area contributed by atoms with Crippen molar-refractivity contribution in [2.75, 3.05) is 10.0 Å². The summed E-state index contributed by atoms with van der Waals surface area (Å²) >= 11 is 0.